The van der Waals surface area contributed by atoms with Crippen LogP contribution in [0, 0.1) is 0 Å². The first-order chi connectivity index (χ1) is 15.8. The van der Waals surface area contributed by atoms with Crippen molar-refractivity contribution >= 4 is 16.9 Å². The lowest BCUT2D eigenvalue weighted by atomic mass is 9.96. The number of carbonyl (C=O) groups is 1. The Morgan fingerprint density at radius 2 is 1.97 bits per heavy atom. The van der Waals surface area contributed by atoms with Crippen LogP contribution in [-0.2, 0) is 6.54 Å². The molecule has 1 saturated carbocycles. The van der Waals surface area contributed by atoms with Crippen molar-refractivity contribution in [2.75, 3.05) is 0 Å². The van der Waals surface area contributed by atoms with E-state index in [0.29, 0.717) is 17.7 Å². The van der Waals surface area contributed by atoms with Crippen molar-refractivity contribution < 1.29 is 23.4 Å². The van der Waals surface area contributed by atoms with E-state index in [1.807, 2.05) is 18.2 Å². The van der Waals surface area contributed by atoms with Gasteiger partial charge in [-0.25, -0.2) is 4.79 Å². The lowest BCUT2D eigenvalue weighted by Crippen LogP contribution is -2.19. The molecule has 172 valence electrons. The molecule has 0 bridgehead atoms. The summed E-state index contributed by atoms with van der Waals surface area (Å²) >= 11 is 0. The predicted molar refractivity (Wildman–Crippen MR) is 122 cm³/mol. The number of pyridine rings is 1. The van der Waals surface area contributed by atoms with E-state index in [-0.39, 0.29) is 34.3 Å². The number of hydrogen-bond donors (Lipinski definition) is 2. The zero-order valence-corrected chi connectivity index (χ0v) is 18.1. The van der Waals surface area contributed by atoms with Crippen molar-refractivity contribution in [1.29, 1.82) is 0 Å². The van der Waals surface area contributed by atoms with E-state index >= 15 is 0 Å². The van der Waals surface area contributed by atoms with Crippen LogP contribution in [0.2, 0.25) is 0 Å². The van der Waals surface area contributed by atoms with Gasteiger partial charge in [-0.3, -0.25) is 4.79 Å². The molecule has 2 aromatic carbocycles. The maximum atomic E-state index is 13.5. The molecule has 1 fully saturated rings. The van der Waals surface area contributed by atoms with Crippen molar-refractivity contribution in [3.05, 3.63) is 76.6 Å². The molecular formula is C25H24F2N2O4. The van der Waals surface area contributed by atoms with Gasteiger partial charge in [-0.15, -0.1) is 13.2 Å². The van der Waals surface area contributed by atoms with Crippen molar-refractivity contribution in [1.82, 2.24) is 9.88 Å². The molecule has 6 nitrogen and oxygen atoms in total. The number of alkyl halides is 2. The fourth-order valence-electron chi connectivity index (χ4n) is 4.37. The van der Waals surface area contributed by atoms with Crippen LogP contribution < -0.4 is 15.5 Å². The molecule has 1 aliphatic heterocycles. The Kier molecular flexibility index (Phi) is 6.03. The molecule has 2 aliphatic rings. The van der Waals surface area contributed by atoms with E-state index in [2.05, 4.69) is 25.4 Å². The van der Waals surface area contributed by atoms with Crippen molar-refractivity contribution in [2.45, 2.75) is 45.0 Å². The number of hydrogen-bond acceptors (Lipinski definition) is 4. The second-order valence-corrected chi connectivity index (χ2v) is 8.05. The molecular weight excluding hydrogens is 430 g/mol. The third-order valence-electron chi connectivity index (χ3n) is 6.04. The second kappa shape index (κ2) is 8.78. The number of aromatic nitrogens is 1. The van der Waals surface area contributed by atoms with Crippen LogP contribution in [0.25, 0.3) is 22.0 Å². The van der Waals surface area contributed by atoms with Crippen LogP contribution in [0.4, 0.5) is 8.78 Å². The van der Waals surface area contributed by atoms with Gasteiger partial charge in [-0.2, -0.15) is 8.78 Å². The SMILES string of the molecule is C=C.CC1NCc2cc(-c3ccc4c(=O)c(C(=O)O)cn(C5CC5)c4c3OC(F)F)ccc21. The lowest BCUT2D eigenvalue weighted by Gasteiger charge is -2.19. The summed E-state index contributed by atoms with van der Waals surface area (Å²) in [7, 11) is 0. The minimum absolute atomic E-state index is 0.0541. The van der Waals surface area contributed by atoms with Gasteiger partial charge in [0.05, 0.1) is 10.9 Å². The minimum Gasteiger partial charge on any atom is -0.477 e. The molecule has 2 heterocycles. The number of carboxylic acids is 1. The van der Waals surface area contributed by atoms with E-state index in [1.165, 1.54) is 12.3 Å². The highest BCUT2D eigenvalue weighted by Gasteiger charge is 2.30. The Balaban J connectivity index is 0.00000126. The predicted octanol–water partition coefficient (Wildman–Crippen LogP) is 5.27. The van der Waals surface area contributed by atoms with E-state index in [0.717, 1.165) is 24.0 Å². The molecule has 1 aliphatic carbocycles. The number of halogens is 2. The lowest BCUT2D eigenvalue weighted by molar-refractivity contribution is -0.0486. The summed E-state index contributed by atoms with van der Waals surface area (Å²) in [5.41, 5.74) is 2.49. The second-order valence-electron chi connectivity index (χ2n) is 8.05. The zero-order valence-electron chi connectivity index (χ0n) is 18.1. The van der Waals surface area contributed by atoms with Gasteiger partial charge in [0.25, 0.3) is 0 Å². The number of rotatable bonds is 5. The molecule has 0 amide bonds. The standard InChI is InChI=1S/C23H20F2N2O4.C2H4/c1-11-15-5-2-12(8-13(15)9-26-11)16-6-7-17-19(21(16)31-23(24)25)27(14-3-4-14)10-18(20(17)28)22(29)30;1-2/h2,5-8,10-11,14,23,26H,3-4,9H2,1H3,(H,29,30);1-2H2. The topological polar surface area (TPSA) is 80.6 Å². The molecule has 5 rings (SSSR count). The van der Waals surface area contributed by atoms with Gasteiger partial charge in [0.1, 0.15) is 5.56 Å². The molecule has 3 aromatic rings. The van der Waals surface area contributed by atoms with Gasteiger partial charge in [-0.1, -0.05) is 12.1 Å². The summed E-state index contributed by atoms with van der Waals surface area (Å²) in [5, 5.41) is 12.8. The van der Waals surface area contributed by atoms with Crippen molar-refractivity contribution in [3.8, 4) is 16.9 Å². The molecule has 1 unspecified atom stereocenters. The first-order valence-corrected chi connectivity index (χ1v) is 10.6. The summed E-state index contributed by atoms with van der Waals surface area (Å²) in [6, 6.07) is 8.98. The fourth-order valence-corrected chi connectivity index (χ4v) is 4.37. The molecule has 0 saturated heterocycles. The highest BCUT2D eigenvalue weighted by molar-refractivity contribution is 5.97. The summed E-state index contributed by atoms with van der Waals surface area (Å²) in [6.07, 6.45) is 2.80. The van der Waals surface area contributed by atoms with Gasteiger partial charge >= 0.3 is 12.6 Å². The highest BCUT2D eigenvalue weighted by Crippen LogP contribution is 2.43. The van der Waals surface area contributed by atoms with E-state index in [9.17, 15) is 23.5 Å². The molecule has 33 heavy (non-hydrogen) atoms. The zero-order chi connectivity index (χ0) is 23.9. The summed E-state index contributed by atoms with van der Waals surface area (Å²) < 4.78 is 33.5. The smallest absolute Gasteiger partial charge is 0.387 e. The van der Waals surface area contributed by atoms with Crippen LogP contribution in [0.15, 0.2) is 54.5 Å². The number of aromatic carboxylic acids is 1. The number of carboxylic acid groups (broad SMARTS) is 1. The number of ether oxygens (including phenoxy) is 1. The van der Waals surface area contributed by atoms with Crippen LogP contribution in [0.1, 0.15) is 53.3 Å². The normalized spacial score (nSPS) is 16.9. The van der Waals surface area contributed by atoms with Crippen LogP contribution in [0.3, 0.4) is 0 Å². The number of fused-ring (bicyclic) bond motifs is 2. The first-order valence-electron chi connectivity index (χ1n) is 10.6. The quantitative estimate of drug-likeness (QED) is 0.514. The maximum Gasteiger partial charge on any atom is 0.387 e. The Labute approximate surface area is 189 Å². The third-order valence-corrected chi connectivity index (χ3v) is 6.04. The van der Waals surface area contributed by atoms with Crippen LogP contribution in [-0.4, -0.2) is 22.3 Å². The monoisotopic (exact) mass is 454 g/mol. The molecule has 2 N–H and O–H groups in total. The van der Waals surface area contributed by atoms with Gasteiger partial charge in [-0.05, 0) is 54.7 Å². The van der Waals surface area contributed by atoms with Gasteiger partial charge in [0.15, 0.2) is 5.75 Å². The number of nitrogens with zero attached hydrogens (tertiary/aromatic N) is 1. The average molecular weight is 454 g/mol. The molecule has 0 radical (unpaired) electrons. The Morgan fingerprint density at radius 3 is 2.61 bits per heavy atom. The molecule has 0 spiro atoms. The number of nitrogens with one attached hydrogen (secondary N) is 1. The molecule has 1 atom stereocenters. The maximum absolute atomic E-state index is 13.5. The Morgan fingerprint density at radius 1 is 1.24 bits per heavy atom. The highest BCUT2D eigenvalue weighted by atomic mass is 19.3. The first kappa shape index (κ1) is 22.7. The Hall–Kier alpha value is -3.52. The number of benzene rings is 2. The van der Waals surface area contributed by atoms with Crippen LogP contribution in [0.5, 0.6) is 5.75 Å². The van der Waals surface area contributed by atoms with E-state index < -0.39 is 18.0 Å². The third kappa shape index (κ3) is 4.02. The summed E-state index contributed by atoms with van der Waals surface area (Å²) in [5.74, 6) is -1.45. The van der Waals surface area contributed by atoms with Crippen LogP contribution >= 0.6 is 0 Å². The van der Waals surface area contributed by atoms with E-state index in [1.54, 1.807) is 10.6 Å². The fraction of sp³-hybridized carbons (Fsp3) is 0.280. The average Bonchev–Trinajstić information content (AvgIpc) is 3.58. The molecule has 1 aromatic heterocycles. The molecule has 8 heteroatoms. The van der Waals surface area contributed by atoms with E-state index in [4.69, 9.17) is 4.74 Å². The van der Waals surface area contributed by atoms with Crippen molar-refractivity contribution in [2.24, 2.45) is 0 Å². The Bertz CT molecular complexity index is 1300. The summed E-state index contributed by atoms with van der Waals surface area (Å²) in [4.78, 5) is 24.4. The van der Waals surface area contributed by atoms with Crippen molar-refractivity contribution in [3.63, 3.8) is 0 Å². The van der Waals surface area contributed by atoms with Gasteiger partial charge < -0.3 is 19.7 Å². The van der Waals surface area contributed by atoms with Gasteiger partial charge in [0.2, 0.25) is 5.43 Å². The minimum atomic E-state index is -3.10. The summed E-state index contributed by atoms with van der Waals surface area (Å²) in [6.45, 7) is 5.64. The van der Waals surface area contributed by atoms with Gasteiger partial charge in [0, 0.05) is 30.4 Å². The largest absolute Gasteiger partial charge is 0.477 e.